The fraction of sp³-hybridized carbons (Fsp3) is 0.167. The summed E-state index contributed by atoms with van der Waals surface area (Å²) in [7, 11) is 2.16. The van der Waals surface area contributed by atoms with Crippen LogP contribution in [0.15, 0.2) is 67.0 Å². The highest BCUT2D eigenvalue weighted by Crippen LogP contribution is 2.32. The van der Waals surface area contributed by atoms with Gasteiger partial charge in [-0.1, -0.05) is 23.8 Å². The first-order chi connectivity index (χ1) is 12.6. The number of aromatic nitrogens is 2. The van der Waals surface area contributed by atoms with E-state index < -0.39 is 0 Å². The van der Waals surface area contributed by atoms with E-state index in [2.05, 4.69) is 92.0 Å². The first-order valence-electron chi connectivity index (χ1n) is 8.96. The molecular formula is C24H23N2+. The van der Waals surface area contributed by atoms with Crippen LogP contribution in [-0.4, -0.2) is 4.98 Å². The van der Waals surface area contributed by atoms with Crippen LogP contribution in [0.25, 0.3) is 33.3 Å². The maximum atomic E-state index is 4.18. The highest BCUT2D eigenvalue weighted by Gasteiger charge is 2.20. The van der Waals surface area contributed by atoms with E-state index in [1.165, 1.54) is 50.0 Å². The zero-order valence-corrected chi connectivity index (χ0v) is 15.7. The summed E-state index contributed by atoms with van der Waals surface area (Å²) in [6.45, 7) is 6.57. The number of pyridine rings is 2. The first-order valence-corrected chi connectivity index (χ1v) is 8.96. The summed E-state index contributed by atoms with van der Waals surface area (Å²) in [5.74, 6) is 0. The third kappa shape index (κ3) is 2.68. The van der Waals surface area contributed by atoms with Gasteiger partial charge in [-0.3, -0.25) is 4.98 Å². The van der Waals surface area contributed by atoms with Gasteiger partial charge < -0.3 is 0 Å². The molecule has 0 saturated heterocycles. The Morgan fingerprint density at radius 2 is 1.54 bits per heavy atom. The van der Waals surface area contributed by atoms with E-state index in [1.807, 2.05) is 12.4 Å². The maximum absolute atomic E-state index is 4.18. The van der Waals surface area contributed by atoms with Gasteiger partial charge in [0.05, 0.1) is 5.39 Å². The van der Waals surface area contributed by atoms with Crippen molar-refractivity contribution >= 4 is 10.9 Å². The molecule has 2 heterocycles. The summed E-state index contributed by atoms with van der Waals surface area (Å²) < 4.78 is 2.31. The van der Waals surface area contributed by atoms with Gasteiger partial charge in [0.1, 0.15) is 7.05 Å². The average Bonchev–Trinajstić information content (AvgIpc) is 2.66. The van der Waals surface area contributed by atoms with Gasteiger partial charge in [-0.15, -0.1) is 0 Å². The van der Waals surface area contributed by atoms with Crippen molar-refractivity contribution in [2.24, 2.45) is 7.05 Å². The second-order valence-electron chi connectivity index (χ2n) is 7.01. The molecule has 4 aromatic rings. The fourth-order valence-corrected chi connectivity index (χ4v) is 3.77. The normalized spacial score (nSPS) is 11.1. The molecule has 4 rings (SSSR count). The number of hydrogen-bond acceptors (Lipinski definition) is 1. The third-order valence-electron chi connectivity index (χ3n) is 5.28. The van der Waals surface area contributed by atoms with E-state index in [-0.39, 0.29) is 0 Å². The van der Waals surface area contributed by atoms with E-state index in [0.717, 1.165) is 0 Å². The summed E-state index contributed by atoms with van der Waals surface area (Å²) in [6.07, 6.45) is 3.72. The minimum atomic E-state index is 1.19. The third-order valence-corrected chi connectivity index (χ3v) is 5.28. The van der Waals surface area contributed by atoms with Crippen LogP contribution in [0.4, 0.5) is 0 Å². The van der Waals surface area contributed by atoms with Gasteiger partial charge in [-0.25, -0.2) is 0 Å². The van der Waals surface area contributed by atoms with Crippen LogP contribution in [0.5, 0.6) is 0 Å². The zero-order valence-electron chi connectivity index (χ0n) is 15.7. The Morgan fingerprint density at radius 3 is 2.31 bits per heavy atom. The molecule has 26 heavy (non-hydrogen) atoms. The molecule has 0 aliphatic carbocycles. The lowest BCUT2D eigenvalue weighted by Gasteiger charge is -2.13. The van der Waals surface area contributed by atoms with Crippen molar-refractivity contribution < 1.29 is 4.57 Å². The molecule has 0 aliphatic rings. The van der Waals surface area contributed by atoms with Crippen molar-refractivity contribution in [1.82, 2.24) is 4.98 Å². The SMILES string of the molecule is Cc1cc(C)c(C)c(-c2cc(-c3ccncc3)c3ccccc3[n+]2C)c1. The molecule has 2 heteroatoms. The van der Waals surface area contributed by atoms with Crippen LogP contribution in [0.2, 0.25) is 0 Å². The Balaban J connectivity index is 2.11. The molecule has 0 amide bonds. The van der Waals surface area contributed by atoms with Gasteiger partial charge in [-0.05, 0) is 61.7 Å². The molecule has 128 valence electrons. The smallest absolute Gasteiger partial charge is 0.213 e. The highest BCUT2D eigenvalue weighted by molar-refractivity contribution is 5.94. The average molecular weight is 339 g/mol. The van der Waals surface area contributed by atoms with E-state index in [0.29, 0.717) is 0 Å². The van der Waals surface area contributed by atoms with E-state index >= 15 is 0 Å². The quantitative estimate of drug-likeness (QED) is 0.452. The van der Waals surface area contributed by atoms with E-state index in [4.69, 9.17) is 0 Å². The second-order valence-corrected chi connectivity index (χ2v) is 7.01. The number of aryl methyl sites for hydroxylation is 3. The number of rotatable bonds is 2. The minimum absolute atomic E-state index is 1.19. The summed E-state index contributed by atoms with van der Waals surface area (Å²) >= 11 is 0. The summed E-state index contributed by atoms with van der Waals surface area (Å²) in [5.41, 5.74) is 10.2. The second kappa shape index (κ2) is 6.38. The van der Waals surface area contributed by atoms with Gasteiger partial charge in [0, 0.05) is 35.7 Å². The molecule has 0 N–H and O–H groups in total. The van der Waals surface area contributed by atoms with Crippen molar-refractivity contribution in [3.8, 4) is 22.4 Å². The standard InChI is InChI=1S/C24H23N2/c1-16-13-17(2)18(3)21(14-16)24-15-22(19-9-11-25-12-10-19)20-7-5-6-8-23(20)26(24)4/h5-15H,1-4H3/q+1. The Bertz CT molecular complexity index is 1110. The van der Waals surface area contributed by atoms with Crippen molar-refractivity contribution in [1.29, 1.82) is 0 Å². The van der Waals surface area contributed by atoms with Gasteiger partial charge in [-0.2, -0.15) is 4.57 Å². The summed E-state index contributed by atoms with van der Waals surface area (Å²) in [4.78, 5) is 4.18. The molecule has 0 radical (unpaired) electrons. The monoisotopic (exact) mass is 339 g/mol. The maximum Gasteiger partial charge on any atom is 0.213 e. The molecular weight excluding hydrogens is 316 g/mol. The minimum Gasteiger partial charge on any atom is -0.265 e. The number of fused-ring (bicyclic) bond motifs is 1. The molecule has 0 saturated carbocycles. The van der Waals surface area contributed by atoms with Crippen LogP contribution in [0.3, 0.4) is 0 Å². The lowest BCUT2D eigenvalue weighted by Crippen LogP contribution is -2.32. The molecule has 0 unspecified atom stereocenters. The van der Waals surface area contributed by atoms with Crippen molar-refractivity contribution in [2.45, 2.75) is 20.8 Å². The van der Waals surface area contributed by atoms with Crippen molar-refractivity contribution in [2.75, 3.05) is 0 Å². The highest BCUT2D eigenvalue weighted by atomic mass is 14.9. The van der Waals surface area contributed by atoms with Gasteiger partial charge in [0.25, 0.3) is 0 Å². The van der Waals surface area contributed by atoms with Crippen LogP contribution >= 0.6 is 0 Å². The van der Waals surface area contributed by atoms with Gasteiger partial charge in [0.15, 0.2) is 0 Å². The summed E-state index contributed by atoms with van der Waals surface area (Å²) in [6, 6.07) is 19.6. The molecule has 0 aliphatic heterocycles. The number of nitrogens with zero attached hydrogens (tertiary/aromatic N) is 2. The van der Waals surface area contributed by atoms with Gasteiger partial charge >= 0.3 is 0 Å². The number of hydrogen-bond donors (Lipinski definition) is 0. The van der Waals surface area contributed by atoms with Crippen LogP contribution in [0, 0.1) is 20.8 Å². The number of para-hydroxylation sites is 1. The molecule has 0 atom stereocenters. The largest absolute Gasteiger partial charge is 0.265 e. The zero-order chi connectivity index (χ0) is 18.3. The van der Waals surface area contributed by atoms with E-state index in [1.54, 1.807) is 0 Å². The first kappa shape index (κ1) is 16.5. The van der Waals surface area contributed by atoms with Crippen LogP contribution < -0.4 is 4.57 Å². The Morgan fingerprint density at radius 1 is 0.808 bits per heavy atom. The van der Waals surface area contributed by atoms with Crippen molar-refractivity contribution in [3.63, 3.8) is 0 Å². The summed E-state index contributed by atoms with van der Waals surface area (Å²) in [5, 5.41) is 1.26. The fourth-order valence-electron chi connectivity index (χ4n) is 3.77. The molecule has 2 nitrogen and oxygen atoms in total. The Kier molecular flexibility index (Phi) is 4.04. The lowest BCUT2D eigenvalue weighted by atomic mass is 9.94. The van der Waals surface area contributed by atoms with Crippen LogP contribution in [0.1, 0.15) is 16.7 Å². The van der Waals surface area contributed by atoms with E-state index in [9.17, 15) is 0 Å². The van der Waals surface area contributed by atoms with Crippen LogP contribution in [-0.2, 0) is 7.05 Å². The molecule has 0 bridgehead atoms. The molecule has 2 aromatic carbocycles. The van der Waals surface area contributed by atoms with Crippen molar-refractivity contribution in [3.05, 3.63) is 83.7 Å². The molecule has 0 fully saturated rings. The predicted octanol–water partition coefficient (Wildman–Crippen LogP) is 5.32. The van der Waals surface area contributed by atoms with Gasteiger partial charge in [0.2, 0.25) is 11.2 Å². The number of benzene rings is 2. The topological polar surface area (TPSA) is 16.8 Å². The molecule has 0 spiro atoms. The lowest BCUT2D eigenvalue weighted by molar-refractivity contribution is -0.633. The Hall–Kier alpha value is -3.00. The Labute approximate surface area is 154 Å². The predicted molar refractivity (Wildman–Crippen MR) is 108 cm³/mol. The molecule has 2 aromatic heterocycles.